The summed E-state index contributed by atoms with van der Waals surface area (Å²) in [6, 6.07) is 14.2. The fourth-order valence-electron chi connectivity index (χ4n) is 6.28. The Balaban J connectivity index is 1.09. The van der Waals surface area contributed by atoms with Crippen LogP contribution in [-0.2, 0) is 4.79 Å². The zero-order valence-corrected chi connectivity index (χ0v) is 22.1. The van der Waals surface area contributed by atoms with Crippen LogP contribution >= 0.6 is 0 Å². The molecule has 2 fully saturated rings. The van der Waals surface area contributed by atoms with E-state index in [1.165, 1.54) is 0 Å². The maximum Gasteiger partial charge on any atom is 0.222 e. The lowest BCUT2D eigenvalue weighted by Crippen LogP contribution is -2.51. The lowest BCUT2D eigenvalue weighted by atomic mass is 9.85. The number of fused-ring (bicyclic) bond motifs is 2. The van der Waals surface area contributed by atoms with Crippen molar-refractivity contribution in [2.75, 3.05) is 25.0 Å². The van der Waals surface area contributed by atoms with Crippen LogP contribution in [0.25, 0.3) is 33.2 Å². The van der Waals surface area contributed by atoms with Gasteiger partial charge in [-0.1, -0.05) is 0 Å². The Labute approximate surface area is 226 Å². The first-order valence-corrected chi connectivity index (χ1v) is 13.6. The Morgan fingerprint density at radius 1 is 1.03 bits per heavy atom. The third-order valence-corrected chi connectivity index (χ3v) is 8.71. The molecule has 2 aliphatic rings. The number of nitrogens with one attached hydrogen (secondary N) is 2. The van der Waals surface area contributed by atoms with Crippen molar-refractivity contribution < 1.29 is 9.53 Å². The fourth-order valence-corrected chi connectivity index (χ4v) is 6.28. The molecule has 0 aliphatic carbocycles. The predicted octanol–water partition coefficient (Wildman–Crippen LogP) is 5.23. The molecule has 6 heterocycles. The molecule has 1 spiro atoms. The van der Waals surface area contributed by atoms with Gasteiger partial charge < -0.3 is 19.5 Å². The van der Waals surface area contributed by atoms with Gasteiger partial charge in [-0.2, -0.15) is 5.10 Å². The van der Waals surface area contributed by atoms with E-state index >= 15 is 0 Å². The van der Waals surface area contributed by atoms with Gasteiger partial charge in [0.1, 0.15) is 29.0 Å². The van der Waals surface area contributed by atoms with Crippen molar-refractivity contribution in [2.45, 2.75) is 44.2 Å². The monoisotopic (exact) mass is 521 g/mol. The van der Waals surface area contributed by atoms with Gasteiger partial charge in [-0.15, -0.1) is 0 Å². The van der Waals surface area contributed by atoms with Crippen LogP contribution in [0.4, 0.5) is 5.82 Å². The van der Waals surface area contributed by atoms with Gasteiger partial charge in [0.25, 0.3) is 0 Å². The molecule has 198 valence electrons. The summed E-state index contributed by atoms with van der Waals surface area (Å²) in [5.41, 5.74) is 4.72. The zero-order valence-electron chi connectivity index (χ0n) is 22.1. The van der Waals surface area contributed by atoms with Crippen molar-refractivity contribution in [3.63, 3.8) is 0 Å². The number of hydrogen-bond acceptors (Lipinski definition) is 6. The van der Waals surface area contributed by atoms with Crippen LogP contribution in [0.5, 0.6) is 5.75 Å². The Hall–Kier alpha value is -4.40. The summed E-state index contributed by atoms with van der Waals surface area (Å²) < 4.78 is 6.37. The molecule has 9 heteroatoms. The molecule has 1 atom stereocenters. The Bertz CT molecular complexity index is 1660. The minimum Gasteiger partial charge on any atom is -0.486 e. The van der Waals surface area contributed by atoms with Gasteiger partial charge in [-0.05, 0) is 68.7 Å². The van der Waals surface area contributed by atoms with E-state index in [-0.39, 0.29) is 17.6 Å². The van der Waals surface area contributed by atoms with Crippen LogP contribution in [0, 0.1) is 0 Å². The average Bonchev–Trinajstić information content (AvgIpc) is 3.68. The van der Waals surface area contributed by atoms with Crippen LogP contribution in [0.1, 0.15) is 44.3 Å². The number of aromatic amines is 2. The van der Waals surface area contributed by atoms with Gasteiger partial charge in [0, 0.05) is 72.6 Å². The zero-order chi connectivity index (χ0) is 26.6. The van der Waals surface area contributed by atoms with Gasteiger partial charge in [-0.3, -0.25) is 9.89 Å². The molecule has 0 bridgehead atoms. The number of likely N-dealkylation sites (tertiary alicyclic amines) is 1. The maximum atomic E-state index is 12.1. The largest absolute Gasteiger partial charge is 0.486 e. The highest BCUT2D eigenvalue weighted by molar-refractivity contribution is 5.93. The Morgan fingerprint density at radius 2 is 1.90 bits per heavy atom. The lowest BCUT2D eigenvalue weighted by molar-refractivity contribution is -0.130. The summed E-state index contributed by atoms with van der Waals surface area (Å²) >= 11 is 0. The van der Waals surface area contributed by atoms with Crippen LogP contribution < -0.4 is 9.64 Å². The quantitative estimate of drug-likeness (QED) is 0.328. The number of benzene rings is 1. The molecule has 5 aromatic rings. The number of carbonyl (C=O) groups excluding carboxylic acids is 1. The van der Waals surface area contributed by atoms with Gasteiger partial charge >= 0.3 is 0 Å². The number of carbonyl (C=O) groups is 1. The number of H-pyrrole nitrogens is 2. The summed E-state index contributed by atoms with van der Waals surface area (Å²) in [6.07, 6.45) is 9.07. The minimum absolute atomic E-state index is 0.0315. The molecule has 0 saturated carbocycles. The highest BCUT2D eigenvalue weighted by Crippen LogP contribution is 2.39. The average molecular weight is 522 g/mol. The highest BCUT2D eigenvalue weighted by atomic mass is 16.5. The standard InChI is InChI=1S/C30H31N7O2/c1-19(22-8-13-31-29-23(22)9-14-32-29)39-21-4-5-25-24(17-21)28(35-34-25)20-3-6-26(33-18-20)37-15-11-30(12-16-37)10-7-27(38)36(30)2/h3-6,8-9,13-14,17-19H,7,10-12,15-16H2,1-2H3,(H,31,32)(H,34,35)/t19-/m0/s1. The molecular formula is C30H31N7O2. The normalized spacial score (nSPS) is 17.9. The Kier molecular flexibility index (Phi) is 5.54. The molecule has 7 rings (SSSR count). The van der Waals surface area contributed by atoms with E-state index in [9.17, 15) is 4.79 Å². The smallest absolute Gasteiger partial charge is 0.222 e. The second-order valence-electron chi connectivity index (χ2n) is 10.7. The van der Waals surface area contributed by atoms with Crippen LogP contribution in [0.3, 0.4) is 0 Å². The van der Waals surface area contributed by atoms with Crippen LogP contribution in [-0.4, -0.2) is 61.6 Å². The SMILES string of the molecule is C[C@H](Oc1ccc2[nH]nc(-c3ccc(N4CCC5(CCC(=O)N5C)CC4)nc3)c2c1)c1ccnc2[nH]ccc12. The molecule has 1 amide bonds. The van der Waals surface area contributed by atoms with Gasteiger partial charge in [-0.25, -0.2) is 9.97 Å². The van der Waals surface area contributed by atoms with Crippen LogP contribution in [0.2, 0.25) is 0 Å². The van der Waals surface area contributed by atoms with E-state index in [4.69, 9.17) is 9.72 Å². The highest BCUT2D eigenvalue weighted by Gasteiger charge is 2.45. The van der Waals surface area contributed by atoms with E-state index in [1.807, 2.05) is 54.7 Å². The third kappa shape index (κ3) is 4.00. The van der Waals surface area contributed by atoms with E-state index in [1.54, 1.807) is 6.20 Å². The van der Waals surface area contributed by atoms with Crippen molar-refractivity contribution in [2.24, 2.45) is 0 Å². The number of aromatic nitrogens is 5. The number of pyridine rings is 2. The van der Waals surface area contributed by atoms with E-state index in [2.05, 4.69) is 44.1 Å². The number of anilines is 1. The molecule has 1 aromatic carbocycles. The summed E-state index contributed by atoms with van der Waals surface area (Å²) in [7, 11) is 1.96. The van der Waals surface area contributed by atoms with Crippen molar-refractivity contribution in [1.29, 1.82) is 0 Å². The molecular weight excluding hydrogens is 490 g/mol. The maximum absolute atomic E-state index is 12.1. The van der Waals surface area contributed by atoms with Crippen molar-refractivity contribution in [3.05, 3.63) is 66.6 Å². The second kappa shape index (κ2) is 9.11. The molecule has 2 saturated heterocycles. The van der Waals surface area contributed by atoms with Gasteiger partial charge in [0.2, 0.25) is 5.91 Å². The van der Waals surface area contributed by atoms with E-state index in [0.717, 1.165) is 82.7 Å². The number of nitrogens with zero attached hydrogens (tertiary/aromatic N) is 5. The number of hydrogen-bond donors (Lipinski definition) is 2. The minimum atomic E-state index is -0.147. The van der Waals surface area contributed by atoms with Crippen molar-refractivity contribution in [3.8, 4) is 17.0 Å². The molecule has 2 aliphatic heterocycles. The molecule has 4 aromatic heterocycles. The van der Waals surface area contributed by atoms with Crippen LogP contribution in [0.15, 0.2) is 61.1 Å². The summed E-state index contributed by atoms with van der Waals surface area (Å²) in [4.78, 5) is 28.8. The molecule has 9 nitrogen and oxygen atoms in total. The molecule has 0 radical (unpaired) electrons. The topological polar surface area (TPSA) is 103 Å². The first kappa shape index (κ1) is 23.7. The predicted molar refractivity (Wildman–Crippen MR) is 151 cm³/mol. The Morgan fingerprint density at radius 3 is 2.67 bits per heavy atom. The lowest BCUT2D eigenvalue weighted by Gasteiger charge is -2.43. The summed E-state index contributed by atoms with van der Waals surface area (Å²) in [6.45, 7) is 3.86. The third-order valence-electron chi connectivity index (χ3n) is 8.71. The van der Waals surface area contributed by atoms with Crippen molar-refractivity contribution in [1.82, 2.24) is 30.0 Å². The second-order valence-corrected chi connectivity index (χ2v) is 10.7. The summed E-state index contributed by atoms with van der Waals surface area (Å²) in [5, 5.41) is 9.80. The number of ether oxygens (including phenoxy) is 1. The summed E-state index contributed by atoms with van der Waals surface area (Å²) in [5.74, 6) is 2.02. The molecule has 39 heavy (non-hydrogen) atoms. The fraction of sp³-hybridized carbons (Fsp3) is 0.333. The van der Waals surface area contributed by atoms with E-state index < -0.39 is 0 Å². The van der Waals surface area contributed by atoms with Crippen molar-refractivity contribution >= 4 is 33.7 Å². The van der Waals surface area contributed by atoms with Gasteiger partial charge in [0.15, 0.2) is 0 Å². The molecule has 2 N–H and O–H groups in total. The molecule has 0 unspecified atom stereocenters. The first-order chi connectivity index (χ1) is 19.0. The number of rotatable bonds is 5. The number of piperidine rings is 1. The first-order valence-electron chi connectivity index (χ1n) is 13.6. The van der Waals surface area contributed by atoms with Gasteiger partial charge in [0.05, 0.1) is 5.52 Å². The van der Waals surface area contributed by atoms with E-state index in [0.29, 0.717) is 6.42 Å². The number of amides is 1.